The van der Waals surface area contributed by atoms with Gasteiger partial charge < -0.3 is 14.6 Å². The normalized spacial score (nSPS) is 10.1. The summed E-state index contributed by atoms with van der Waals surface area (Å²) in [5.74, 6) is 0.637. The highest BCUT2D eigenvalue weighted by molar-refractivity contribution is 7.92. The third-order valence-corrected chi connectivity index (χ3v) is 2.28. The van der Waals surface area contributed by atoms with Crippen molar-refractivity contribution < 1.29 is 9.29 Å². The maximum atomic E-state index is 8.65. The lowest BCUT2D eigenvalue weighted by molar-refractivity contribution is 0.211. The Labute approximate surface area is 88.7 Å². The molecule has 0 unspecified atom stereocenters. The first-order valence-corrected chi connectivity index (χ1v) is 5.39. The second-order valence-electron chi connectivity index (χ2n) is 2.89. The van der Waals surface area contributed by atoms with Crippen molar-refractivity contribution in [2.45, 2.75) is 5.75 Å². The van der Waals surface area contributed by atoms with Crippen molar-refractivity contribution in [1.82, 2.24) is 0 Å². The molecule has 1 aromatic rings. The Bertz CT molecular complexity index is 251. The molecular weight excluding hydrogens is 198 g/mol. The van der Waals surface area contributed by atoms with Gasteiger partial charge in [0, 0.05) is 25.1 Å². The smallest absolute Gasteiger partial charge is 0.0635 e. The first kappa shape index (κ1) is 11.4. The second-order valence-corrected chi connectivity index (χ2v) is 3.44. The third-order valence-electron chi connectivity index (χ3n) is 1.82. The van der Waals surface area contributed by atoms with Gasteiger partial charge in [-0.25, -0.2) is 0 Å². The minimum atomic E-state index is 0.637. The summed E-state index contributed by atoms with van der Waals surface area (Å²) in [7, 11) is 1.68. The molecular formula is C10H15NO2S. The van der Waals surface area contributed by atoms with Crippen LogP contribution < -0.4 is 5.32 Å². The van der Waals surface area contributed by atoms with Gasteiger partial charge in [0.25, 0.3) is 0 Å². The van der Waals surface area contributed by atoms with Gasteiger partial charge in [0.2, 0.25) is 0 Å². The Morgan fingerprint density at radius 1 is 1.36 bits per heavy atom. The molecule has 0 aliphatic carbocycles. The van der Waals surface area contributed by atoms with Crippen LogP contribution in [0.3, 0.4) is 0 Å². The van der Waals surface area contributed by atoms with Crippen molar-refractivity contribution in [2.24, 2.45) is 0 Å². The van der Waals surface area contributed by atoms with Gasteiger partial charge in [-0.3, -0.25) is 0 Å². The summed E-state index contributed by atoms with van der Waals surface area (Å²) in [5, 5.41) is 3.22. The molecule has 0 saturated carbocycles. The maximum absolute atomic E-state index is 8.65. The molecule has 0 bridgehead atoms. The summed E-state index contributed by atoms with van der Waals surface area (Å²) >= 11 is 0.842. The molecule has 0 spiro atoms. The first-order chi connectivity index (χ1) is 6.86. The molecule has 4 heteroatoms. The van der Waals surface area contributed by atoms with Crippen molar-refractivity contribution >= 4 is 17.7 Å². The largest absolute Gasteiger partial charge is 0.383 e. The fourth-order valence-corrected chi connectivity index (χ4v) is 1.43. The fraction of sp³-hybridized carbons (Fsp3) is 0.400. The molecule has 0 atom stereocenters. The van der Waals surface area contributed by atoms with Crippen molar-refractivity contribution in [3.63, 3.8) is 0 Å². The van der Waals surface area contributed by atoms with Crippen LogP contribution in [0.1, 0.15) is 5.56 Å². The molecule has 0 heterocycles. The molecule has 0 aromatic heterocycles. The van der Waals surface area contributed by atoms with Gasteiger partial charge in [-0.1, -0.05) is 12.1 Å². The predicted octanol–water partition coefficient (Wildman–Crippen LogP) is 2.45. The summed E-state index contributed by atoms with van der Waals surface area (Å²) in [4.78, 5) is 0. The van der Waals surface area contributed by atoms with Gasteiger partial charge in [0.15, 0.2) is 0 Å². The molecule has 0 radical (unpaired) electrons. The van der Waals surface area contributed by atoms with Crippen LogP contribution >= 0.6 is 12.0 Å². The van der Waals surface area contributed by atoms with Gasteiger partial charge in [0.05, 0.1) is 6.61 Å². The number of benzene rings is 1. The Morgan fingerprint density at radius 3 is 2.64 bits per heavy atom. The van der Waals surface area contributed by atoms with E-state index in [9.17, 15) is 0 Å². The molecule has 0 saturated heterocycles. The van der Waals surface area contributed by atoms with E-state index in [0.29, 0.717) is 12.4 Å². The number of hydrogen-bond acceptors (Lipinski definition) is 4. The van der Waals surface area contributed by atoms with Crippen LogP contribution in [0.25, 0.3) is 0 Å². The van der Waals surface area contributed by atoms with Crippen LogP contribution in [0.4, 0.5) is 5.69 Å². The van der Waals surface area contributed by atoms with Crippen LogP contribution in [-0.2, 0) is 10.5 Å². The van der Waals surface area contributed by atoms with Crippen LogP contribution in [0.2, 0.25) is 0 Å². The van der Waals surface area contributed by atoms with E-state index in [1.54, 1.807) is 7.11 Å². The van der Waals surface area contributed by atoms with E-state index in [2.05, 4.69) is 5.32 Å². The van der Waals surface area contributed by atoms with E-state index >= 15 is 0 Å². The SMILES string of the molecule is COCCNc1ccc(CSO)cc1. The van der Waals surface area contributed by atoms with Crippen molar-refractivity contribution in [3.05, 3.63) is 29.8 Å². The maximum Gasteiger partial charge on any atom is 0.0635 e. The molecule has 14 heavy (non-hydrogen) atoms. The van der Waals surface area contributed by atoms with E-state index in [1.807, 2.05) is 24.3 Å². The average Bonchev–Trinajstić information content (AvgIpc) is 2.21. The fourth-order valence-electron chi connectivity index (χ4n) is 1.09. The van der Waals surface area contributed by atoms with Crippen LogP contribution in [0, 0.1) is 0 Å². The molecule has 0 fully saturated rings. The zero-order valence-electron chi connectivity index (χ0n) is 8.19. The lowest BCUT2D eigenvalue weighted by Crippen LogP contribution is -2.07. The Balaban J connectivity index is 2.38. The van der Waals surface area contributed by atoms with E-state index in [0.717, 1.165) is 29.8 Å². The monoisotopic (exact) mass is 213 g/mol. The Morgan fingerprint density at radius 2 is 2.07 bits per heavy atom. The van der Waals surface area contributed by atoms with Gasteiger partial charge >= 0.3 is 0 Å². The number of methoxy groups -OCH3 is 1. The summed E-state index contributed by atoms with van der Waals surface area (Å²) in [6.45, 7) is 1.51. The minimum absolute atomic E-state index is 0.637. The average molecular weight is 213 g/mol. The summed E-state index contributed by atoms with van der Waals surface area (Å²) in [5.41, 5.74) is 2.20. The molecule has 1 rings (SSSR count). The number of anilines is 1. The van der Waals surface area contributed by atoms with E-state index < -0.39 is 0 Å². The van der Waals surface area contributed by atoms with Crippen LogP contribution in [0.15, 0.2) is 24.3 Å². The number of rotatable bonds is 6. The second kappa shape index (κ2) is 6.70. The van der Waals surface area contributed by atoms with Gasteiger partial charge in [-0.05, 0) is 29.7 Å². The van der Waals surface area contributed by atoms with Gasteiger partial charge in [0.1, 0.15) is 0 Å². The third kappa shape index (κ3) is 4.00. The Hall–Kier alpha value is -0.710. The van der Waals surface area contributed by atoms with Crippen LogP contribution in [-0.4, -0.2) is 24.8 Å². The summed E-state index contributed by atoms with van der Waals surface area (Å²) in [6.07, 6.45) is 0. The molecule has 3 nitrogen and oxygen atoms in total. The quantitative estimate of drug-likeness (QED) is 0.562. The number of nitrogens with one attached hydrogen (secondary N) is 1. The first-order valence-electron chi connectivity index (χ1n) is 4.45. The van der Waals surface area contributed by atoms with Gasteiger partial charge in [-0.2, -0.15) is 0 Å². The standard InChI is InChI=1S/C10H15NO2S/c1-13-7-6-11-10-4-2-9(3-5-10)8-14-12/h2-5,11-12H,6-8H2,1H3. The highest BCUT2D eigenvalue weighted by Crippen LogP contribution is 2.12. The lowest BCUT2D eigenvalue weighted by atomic mass is 10.2. The van der Waals surface area contributed by atoms with E-state index in [-0.39, 0.29) is 0 Å². The van der Waals surface area contributed by atoms with Crippen LogP contribution in [0.5, 0.6) is 0 Å². The minimum Gasteiger partial charge on any atom is -0.383 e. The van der Waals surface area contributed by atoms with Gasteiger partial charge in [-0.15, -0.1) is 0 Å². The van der Waals surface area contributed by atoms with Crippen molar-refractivity contribution in [1.29, 1.82) is 0 Å². The topological polar surface area (TPSA) is 41.5 Å². The molecule has 0 amide bonds. The zero-order valence-corrected chi connectivity index (χ0v) is 9.01. The summed E-state index contributed by atoms with van der Waals surface area (Å²) < 4.78 is 13.6. The highest BCUT2D eigenvalue weighted by Gasteiger charge is 1.93. The number of ether oxygens (including phenoxy) is 1. The summed E-state index contributed by atoms with van der Waals surface area (Å²) in [6, 6.07) is 8.00. The van der Waals surface area contributed by atoms with Crippen molar-refractivity contribution in [2.75, 3.05) is 25.6 Å². The zero-order chi connectivity index (χ0) is 10.2. The molecule has 1 aromatic carbocycles. The molecule has 0 aliphatic rings. The molecule has 2 N–H and O–H groups in total. The predicted molar refractivity (Wildman–Crippen MR) is 60.7 cm³/mol. The van der Waals surface area contributed by atoms with Crippen molar-refractivity contribution in [3.8, 4) is 0 Å². The molecule has 78 valence electrons. The van der Waals surface area contributed by atoms with E-state index in [1.165, 1.54) is 0 Å². The highest BCUT2D eigenvalue weighted by atomic mass is 32.2. The Kier molecular flexibility index (Phi) is 5.44. The lowest BCUT2D eigenvalue weighted by Gasteiger charge is -2.05. The number of hydrogen-bond donors (Lipinski definition) is 2. The molecule has 0 aliphatic heterocycles. The van der Waals surface area contributed by atoms with E-state index in [4.69, 9.17) is 9.29 Å².